The summed E-state index contributed by atoms with van der Waals surface area (Å²) in [5, 5.41) is 5.09. The predicted octanol–water partition coefficient (Wildman–Crippen LogP) is 2.75. The zero-order chi connectivity index (χ0) is 20.9. The van der Waals surface area contributed by atoms with Crippen molar-refractivity contribution in [2.75, 3.05) is 13.1 Å². The smallest absolute Gasteiger partial charge is 0.340 e. The first-order chi connectivity index (χ1) is 13.2. The molecule has 7 nitrogen and oxygen atoms in total. The first-order valence-corrected chi connectivity index (χ1v) is 10.5. The van der Waals surface area contributed by atoms with E-state index in [-0.39, 0.29) is 21.4 Å². The van der Waals surface area contributed by atoms with Crippen LogP contribution in [-0.4, -0.2) is 38.3 Å². The van der Waals surface area contributed by atoms with E-state index in [1.807, 2.05) is 13.8 Å². The van der Waals surface area contributed by atoms with Crippen molar-refractivity contribution in [2.24, 2.45) is 5.14 Å². The van der Waals surface area contributed by atoms with Crippen molar-refractivity contribution in [1.82, 2.24) is 4.90 Å². The van der Waals surface area contributed by atoms with Crippen molar-refractivity contribution in [2.45, 2.75) is 24.8 Å². The minimum atomic E-state index is -4.04. The van der Waals surface area contributed by atoms with Gasteiger partial charge in [0.15, 0.2) is 0 Å². The molecule has 0 fully saturated rings. The first kappa shape index (κ1) is 21.9. The Morgan fingerprint density at radius 2 is 1.71 bits per heavy atom. The van der Waals surface area contributed by atoms with Crippen molar-refractivity contribution in [3.8, 4) is 0 Å². The van der Waals surface area contributed by atoms with E-state index < -0.39 is 22.1 Å². The van der Waals surface area contributed by atoms with E-state index in [4.69, 9.17) is 21.5 Å². The number of primary sulfonamides is 1. The molecule has 0 bridgehead atoms. The van der Waals surface area contributed by atoms with Crippen molar-refractivity contribution >= 4 is 33.5 Å². The van der Waals surface area contributed by atoms with E-state index in [1.54, 1.807) is 30.3 Å². The number of esters is 1. The van der Waals surface area contributed by atoms with Gasteiger partial charge < -0.3 is 9.64 Å². The van der Waals surface area contributed by atoms with Crippen LogP contribution in [0.15, 0.2) is 53.4 Å². The average molecular weight is 425 g/mol. The molecule has 9 heteroatoms. The van der Waals surface area contributed by atoms with Crippen LogP contribution in [0, 0.1) is 0 Å². The van der Waals surface area contributed by atoms with Crippen molar-refractivity contribution in [3.63, 3.8) is 0 Å². The second-order valence-corrected chi connectivity index (χ2v) is 7.86. The number of likely N-dealkylation sites (N-methyl/N-ethyl adjacent to an activating group) is 1. The molecule has 2 aromatic rings. The maximum atomic E-state index is 12.9. The molecule has 1 atom stereocenters. The fraction of sp³-hybridized carbons (Fsp3) is 0.263. The van der Waals surface area contributed by atoms with Gasteiger partial charge in [0.1, 0.15) is 0 Å². The number of carbonyl (C=O) groups is 2. The highest BCUT2D eigenvalue weighted by Crippen LogP contribution is 2.26. The van der Waals surface area contributed by atoms with E-state index in [1.165, 1.54) is 17.0 Å². The lowest BCUT2D eigenvalue weighted by Crippen LogP contribution is -2.36. The van der Waals surface area contributed by atoms with Crippen LogP contribution in [0.4, 0.5) is 0 Å². The molecule has 0 unspecified atom stereocenters. The monoisotopic (exact) mass is 424 g/mol. The van der Waals surface area contributed by atoms with Gasteiger partial charge in [0, 0.05) is 18.7 Å². The molecule has 0 radical (unpaired) electrons. The topological polar surface area (TPSA) is 107 Å². The van der Waals surface area contributed by atoms with Gasteiger partial charge in [0.2, 0.25) is 16.1 Å². The highest BCUT2D eigenvalue weighted by atomic mass is 35.5. The summed E-state index contributed by atoms with van der Waals surface area (Å²) in [5.74, 6) is -1.31. The molecule has 0 aromatic heterocycles. The maximum absolute atomic E-state index is 12.9. The van der Waals surface area contributed by atoms with Crippen LogP contribution in [0.25, 0.3) is 0 Å². The Hall–Kier alpha value is -2.42. The summed E-state index contributed by atoms with van der Waals surface area (Å²) in [5.41, 5.74) is 0.299. The Labute approximate surface area is 169 Å². The second kappa shape index (κ2) is 9.18. The lowest BCUT2D eigenvalue weighted by molar-refractivity contribution is -0.140. The van der Waals surface area contributed by atoms with Gasteiger partial charge in [-0.2, -0.15) is 0 Å². The van der Waals surface area contributed by atoms with Crippen LogP contribution in [0.1, 0.15) is 35.9 Å². The molecule has 0 aliphatic heterocycles. The predicted molar refractivity (Wildman–Crippen MR) is 105 cm³/mol. The minimum absolute atomic E-state index is 0.0144. The molecule has 1 amide bonds. The minimum Gasteiger partial charge on any atom is -0.444 e. The van der Waals surface area contributed by atoms with Crippen LogP contribution in [0.5, 0.6) is 0 Å². The summed E-state index contributed by atoms with van der Waals surface area (Å²) in [6.45, 7) is 4.52. The molecule has 0 aliphatic rings. The first-order valence-electron chi connectivity index (χ1n) is 8.56. The SMILES string of the molecule is CCN(CC)C(=O)[C@@H](OC(=O)c1cc(S(N)(=O)=O)ccc1Cl)c1ccccc1. The van der Waals surface area contributed by atoms with Gasteiger partial charge in [-0.3, -0.25) is 4.79 Å². The highest BCUT2D eigenvalue weighted by Gasteiger charge is 2.29. The summed E-state index contributed by atoms with van der Waals surface area (Å²) in [6, 6.07) is 12.0. The van der Waals surface area contributed by atoms with E-state index in [0.717, 1.165) is 6.07 Å². The van der Waals surface area contributed by atoms with Crippen LogP contribution in [0.3, 0.4) is 0 Å². The Balaban J connectivity index is 2.42. The summed E-state index contributed by atoms with van der Waals surface area (Å²) >= 11 is 6.04. The van der Waals surface area contributed by atoms with Gasteiger partial charge in [0.05, 0.1) is 15.5 Å². The number of ether oxygens (including phenoxy) is 1. The quantitative estimate of drug-likeness (QED) is 0.687. The number of hydrogen-bond donors (Lipinski definition) is 1. The lowest BCUT2D eigenvalue weighted by Gasteiger charge is -2.25. The number of carbonyl (C=O) groups excluding carboxylic acids is 2. The molecule has 0 aliphatic carbocycles. The molecule has 0 spiro atoms. The maximum Gasteiger partial charge on any atom is 0.340 e. The Bertz CT molecular complexity index is 960. The zero-order valence-electron chi connectivity index (χ0n) is 15.5. The third kappa shape index (κ3) is 5.09. The van der Waals surface area contributed by atoms with Gasteiger partial charge in [-0.15, -0.1) is 0 Å². The van der Waals surface area contributed by atoms with Crippen molar-refractivity contribution < 1.29 is 22.7 Å². The van der Waals surface area contributed by atoms with Gasteiger partial charge in [-0.1, -0.05) is 41.9 Å². The fourth-order valence-corrected chi connectivity index (χ4v) is 3.33. The Morgan fingerprint density at radius 3 is 2.25 bits per heavy atom. The third-order valence-electron chi connectivity index (χ3n) is 4.11. The number of rotatable bonds is 7. The fourth-order valence-electron chi connectivity index (χ4n) is 2.60. The number of sulfonamides is 1. The molecular formula is C19H21ClN2O5S. The lowest BCUT2D eigenvalue weighted by atomic mass is 10.1. The second-order valence-electron chi connectivity index (χ2n) is 5.89. The molecule has 2 rings (SSSR count). The Kier molecular flexibility index (Phi) is 7.17. The largest absolute Gasteiger partial charge is 0.444 e. The summed E-state index contributed by atoms with van der Waals surface area (Å²) in [7, 11) is -4.04. The number of benzene rings is 2. The number of nitrogens with zero attached hydrogens (tertiary/aromatic N) is 1. The molecule has 0 saturated carbocycles. The van der Waals surface area contributed by atoms with Crippen LogP contribution in [-0.2, 0) is 19.6 Å². The van der Waals surface area contributed by atoms with E-state index in [0.29, 0.717) is 18.7 Å². The summed E-state index contributed by atoms with van der Waals surface area (Å²) in [6.07, 6.45) is -1.19. The van der Waals surface area contributed by atoms with Crippen molar-refractivity contribution in [1.29, 1.82) is 0 Å². The van der Waals surface area contributed by atoms with E-state index in [9.17, 15) is 18.0 Å². The summed E-state index contributed by atoms with van der Waals surface area (Å²) < 4.78 is 28.6. The van der Waals surface area contributed by atoms with E-state index >= 15 is 0 Å². The number of hydrogen-bond acceptors (Lipinski definition) is 5. The molecule has 150 valence electrons. The molecule has 28 heavy (non-hydrogen) atoms. The molecule has 0 heterocycles. The van der Waals surface area contributed by atoms with Crippen LogP contribution in [0.2, 0.25) is 5.02 Å². The Morgan fingerprint density at radius 1 is 1.11 bits per heavy atom. The molecule has 2 N–H and O–H groups in total. The van der Waals surface area contributed by atoms with Gasteiger partial charge >= 0.3 is 5.97 Å². The van der Waals surface area contributed by atoms with Gasteiger partial charge in [0.25, 0.3) is 5.91 Å². The summed E-state index contributed by atoms with van der Waals surface area (Å²) in [4.78, 5) is 26.9. The third-order valence-corrected chi connectivity index (χ3v) is 5.35. The van der Waals surface area contributed by atoms with Gasteiger partial charge in [-0.05, 0) is 32.0 Å². The normalized spacial score (nSPS) is 12.3. The zero-order valence-corrected chi connectivity index (χ0v) is 17.0. The van der Waals surface area contributed by atoms with Crippen molar-refractivity contribution in [3.05, 3.63) is 64.7 Å². The molecular weight excluding hydrogens is 404 g/mol. The number of nitrogens with two attached hydrogens (primary N) is 1. The van der Waals surface area contributed by atoms with Crippen LogP contribution < -0.4 is 5.14 Å². The number of halogens is 1. The van der Waals surface area contributed by atoms with Gasteiger partial charge in [-0.25, -0.2) is 18.4 Å². The van der Waals surface area contributed by atoms with Crippen LogP contribution >= 0.6 is 11.6 Å². The molecule has 2 aromatic carbocycles. The highest BCUT2D eigenvalue weighted by molar-refractivity contribution is 7.89. The van der Waals surface area contributed by atoms with E-state index in [2.05, 4.69) is 0 Å². The number of amides is 1. The standard InChI is InChI=1S/C19H21ClN2O5S/c1-3-22(4-2)18(23)17(13-8-6-5-7-9-13)27-19(24)15-12-14(28(21,25)26)10-11-16(15)20/h5-12,17H,3-4H2,1-2H3,(H2,21,25,26)/t17-/m0/s1. The molecule has 0 saturated heterocycles. The average Bonchev–Trinajstić information content (AvgIpc) is 2.66.